The molecule has 0 radical (unpaired) electrons. The van der Waals surface area contributed by atoms with Crippen LogP contribution >= 0.6 is 0 Å². The Labute approximate surface area is 156 Å². The van der Waals surface area contributed by atoms with Crippen LogP contribution in [0.4, 0.5) is 17.3 Å². The van der Waals surface area contributed by atoms with Crippen LogP contribution in [0.25, 0.3) is 0 Å². The van der Waals surface area contributed by atoms with Crippen molar-refractivity contribution in [3.63, 3.8) is 0 Å². The normalized spacial score (nSPS) is 10.1. The molecule has 0 bridgehead atoms. The maximum Gasteiger partial charge on any atom is 0.337 e. The van der Waals surface area contributed by atoms with Crippen molar-refractivity contribution in [1.82, 2.24) is 9.97 Å². The number of hydrogen-bond donors (Lipinski definition) is 2. The lowest BCUT2D eigenvalue weighted by Gasteiger charge is -2.08. The highest BCUT2D eigenvalue weighted by molar-refractivity contribution is 6.04. The highest BCUT2D eigenvalue weighted by Gasteiger charge is 2.10. The molecule has 1 amide bonds. The molecule has 7 heteroatoms. The van der Waals surface area contributed by atoms with Crippen LogP contribution in [0.1, 0.15) is 26.3 Å². The Bertz CT molecular complexity index is 954. The van der Waals surface area contributed by atoms with E-state index in [2.05, 4.69) is 25.3 Å². The summed E-state index contributed by atoms with van der Waals surface area (Å²) in [5.74, 6) is -0.371. The van der Waals surface area contributed by atoms with E-state index in [1.54, 1.807) is 24.3 Å². The standard InChI is InChI=1S/C20H18N4O3/c1-13-5-3-4-6-17(13)24-20-21-11-15(12-22-20)18(25)23-16-9-7-14(8-10-16)19(26)27-2/h3-12H,1-2H3,(H,23,25)(H,21,22,24). The zero-order valence-electron chi connectivity index (χ0n) is 14.9. The van der Waals surface area contributed by atoms with Gasteiger partial charge in [-0.1, -0.05) is 18.2 Å². The van der Waals surface area contributed by atoms with Crippen LogP contribution in [-0.4, -0.2) is 29.0 Å². The minimum Gasteiger partial charge on any atom is -0.465 e. The number of methoxy groups -OCH3 is 1. The molecule has 0 saturated carbocycles. The Balaban J connectivity index is 1.65. The first-order valence-corrected chi connectivity index (χ1v) is 8.21. The first-order chi connectivity index (χ1) is 13.1. The summed E-state index contributed by atoms with van der Waals surface area (Å²) >= 11 is 0. The number of carbonyl (C=O) groups is 2. The number of anilines is 3. The number of hydrogen-bond acceptors (Lipinski definition) is 6. The topological polar surface area (TPSA) is 93.2 Å². The molecule has 7 nitrogen and oxygen atoms in total. The van der Waals surface area contributed by atoms with Crippen LogP contribution in [-0.2, 0) is 4.74 Å². The van der Waals surface area contributed by atoms with E-state index in [-0.39, 0.29) is 5.91 Å². The SMILES string of the molecule is COC(=O)c1ccc(NC(=O)c2cnc(Nc3ccccc3C)nc2)cc1. The lowest BCUT2D eigenvalue weighted by atomic mass is 10.2. The Morgan fingerprint density at radius 1 is 0.926 bits per heavy atom. The van der Waals surface area contributed by atoms with Crippen LogP contribution < -0.4 is 10.6 Å². The minimum atomic E-state index is -0.432. The second-order valence-corrected chi connectivity index (χ2v) is 5.76. The highest BCUT2D eigenvalue weighted by atomic mass is 16.5. The molecule has 0 unspecified atom stereocenters. The van der Waals surface area contributed by atoms with E-state index in [0.717, 1.165) is 11.3 Å². The van der Waals surface area contributed by atoms with E-state index in [1.165, 1.54) is 19.5 Å². The number of nitrogens with one attached hydrogen (secondary N) is 2. The summed E-state index contributed by atoms with van der Waals surface area (Å²) < 4.78 is 4.64. The van der Waals surface area contributed by atoms with Crippen molar-refractivity contribution in [2.45, 2.75) is 6.92 Å². The molecule has 2 aromatic carbocycles. The van der Waals surface area contributed by atoms with Gasteiger partial charge in [-0.05, 0) is 42.8 Å². The van der Waals surface area contributed by atoms with Gasteiger partial charge in [-0.15, -0.1) is 0 Å². The molecule has 0 fully saturated rings. The fraction of sp³-hybridized carbons (Fsp3) is 0.100. The van der Waals surface area contributed by atoms with Gasteiger partial charge in [0.1, 0.15) is 0 Å². The number of esters is 1. The fourth-order valence-electron chi connectivity index (χ4n) is 2.35. The molecule has 1 aromatic heterocycles. The van der Waals surface area contributed by atoms with Gasteiger partial charge in [0.15, 0.2) is 0 Å². The number of nitrogens with zero attached hydrogens (tertiary/aromatic N) is 2. The third-order valence-electron chi connectivity index (χ3n) is 3.87. The maximum atomic E-state index is 12.3. The van der Waals surface area contributed by atoms with Crippen molar-refractivity contribution < 1.29 is 14.3 Å². The Morgan fingerprint density at radius 2 is 1.59 bits per heavy atom. The van der Waals surface area contributed by atoms with Crippen molar-refractivity contribution in [2.24, 2.45) is 0 Å². The third kappa shape index (κ3) is 4.46. The first-order valence-electron chi connectivity index (χ1n) is 8.21. The maximum absolute atomic E-state index is 12.3. The van der Waals surface area contributed by atoms with Gasteiger partial charge in [-0.2, -0.15) is 0 Å². The molecule has 0 atom stereocenters. The van der Waals surface area contributed by atoms with Crippen LogP contribution in [0, 0.1) is 6.92 Å². The minimum absolute atomic E-state index is 0.322. The quantitative estimate of drug-likeness (QED) is 0.674. The molecule has 0 saturated heterocycles. The summed E-state index contributed by atoms with van der Waals surface area (Å²) in [6, 6.07) is 14.2. The molecular formula is C20H18N4O3. The molecule has 0 aliphatic carbocycles. The van der Waals surface area contributed by atoms with Gasteiger partial charge in [-0.25, -0.2) is 14.8 Å². The first kappa shape index (κ1) is 18.1. The van der Waals surface area contributed by atoms with Crippen LogP contribution in [0.15, 0.2) is 60.9 Å². The summed E-state index contributed by atoms with van der Waals surface area (Å²) in [5, 5.41) is 5.84. The van der Waals surface area contributed by atoms with E-state index in [9.17, 15) is 9.59 Å². The van der Waals surface area contributed by atoms with Gasteiger partial charge < -0.3 is 15.4 Å². The van der Waals surface area contributed by atoms with Gasteiger partial charge in [-0.3, -0.25) is 4.79 Å². The molecule has 3 aromatic rings. The van der Waals surface area contributed by atoms with Crippen molar-refractivity contribution in [2.75, 3.05) is 17.7 Å². The molecular weight excluding hydrogens is 344 g/mol. The lowest BCUT2D eigenvalue weighted by Crippen LogP contribution is -2.13. The molecule has 0 spiro atoms. The average Bonchev–Trinajstić information content (AvgIpc) is 2.70. The molecule has 0 aliphatic rings. The van der Waals surface area contributed by atoms with Crippen molar-refractivity contribution >= 4 is 29.2 Å². The number of carbonyl (C=O) groups excluding carboxylic acids is 2. The van der Waals surface area contributed by atoms with E-state index in [1.807, 2.05) is 31.2 Å². The van der Waals surface area contributed by atoms with Crippen molar-refractivity contribution in [3.8, 4) is 0 Å². The Morgan fingerprint density at radius 3 is 2.22 bits per heavy atom. The van der Waals surface area contributed by atoms with E-state index >= 15 is 0 Å². The van der Waals surface area contributed by atoms with Gasteiger partial charge >= 0.3 is 5.97 Å². The van der Waals surface area contributed by atoms with Gasteiger partial charge in [0, 0.05) is 23.8 Å². The fourth-order valence-corrected chi connectivity index (χ4v) is 2.35. The van der Waals surface area contributed by atoms with E-state index < -0.39 is 5.97 Å². The second kappa shape index (κ2) is 8.09. The summed E-state index contributed by atoms with van der Waals surface area (Å²) in [6.07, 6.45) is 2.90. The predicted octanol–water partition coefficient (Wildman–Crippen LogP) is 3.57. The number of amides is 1. The largest absolute Gasteiger partial charge is 0.465 e. The monoisotopic (exact) mass is 362 g/mol. The summed E-state index contributed by atoms with van der Waals surface area (Å²) in [7, 11) is 1.32. The number of para-hydroxylation sites is 1. The molecule has 27 heavy (non-hydrogen) atoms. The number of benzene rings is 2. The Hall–Kier alpha value is -3.74. The van der Waals surface area contributed by atoms with E-state index in [4.69, 9.17) is 0 Å². The summed E-state index contributed by atoms with van der Waals surface area (Å²) in [4.78, 5) is 32.1. The Kier molecular flexibility index (Phi) is 5.41. The molecule has 0 aliphatic heterocycles. The number of ether oxygens (including phenoxy) is 1. The van der Waals surface area contributed by atoms with E-state index in [0.29, 0.717) is 22.8 Å². The summed E-state index contributed by atoms with van der Waals surface area (Å²) in [5.41, 5.74) is 3.25. The van der Waals surface area contributed by atoms with Gasteiger partial charge in [0.25, 0.3) is 5.91 Å². The van der Waals surface area contributed by atoms with Crippen LogP contribution in [0.2, 0.25) is 0 Å². The smallest absolute Gasteiger partial charge is 0.337 e. The molecule has 3 rings (SSSR count). The number of rotatable bonds is 5. The molecule has 1 heterocycles. The van der Waals surface area contributed by atoms with Crippen LogP contribution in [0.3, 0.4) is 0 Å². The van der Waals surface area contributed by atoms with Gasteiger partial charge in [0.2, 0.25) is 5.95 Å². The highest BCUT2D eigenvalue weighted by Crippen LogP contribution is 2.17. The zero-order chi connectivity index (χ0) is 19.2. The predicted molar refractivity (Wildman–Crippen MR) is 102 cm³/mol. The second-order valence-electron chi connectivity index (χ2n) is 5.76. The number of aromatic nitrogens is 2. The molecule has 2 N–H and O–H groups in total. The molecule has 136 valence electrons. The number of aryl methyl sites for hydroxylation is 1. The van der Waals surface area contributed by atoms with Crippen LogP contribution in [0.5, 0.6) is 0 Å². The van der Waals surface area contributed by atoms with Crippen molar-refractivity contribution in [3.05, 3.63) is 77.6 Å². The average molecular weight is 362 g/mol. The lowest BCUT2D eigenvalue weighted by molar-refractivity contribution is 0.0600. The van der Waals surface area contributed by atoms with Gasteiger partial charge in [0.05, 0.1) is 18.2 Å². The third-order valence-corrected chi connectivity index (χ3v) is 3.87. The zero-order valence-corrected chi connectivity index (χ0v) is 14.9. The summed E-state index contributed by atoms with van der Waals surface area (Å²) in [6.45, 7) is 1.98. The van der Waals surface area contributed by atoms with Crippen molar-refractivity contribution in [1.29, 1.82) is 0 Å².